The van der Waals surface area contributed by atoms with Gasteiger partial charge < -0.3 is 4.74 Å². The third-order valence-corrected chi connectivity index (χ3v) is 2.33. The van der Waals surface area contributed by atoms with Gasteiger partial charge in [-0.05, 0) is 6.07 Å². The van der Waals surface area contributed by atoms with Gasteiger partial charge in [0, 0.05) is 10.9 Å². The van der Waals surface area contributed by atoms with Crippen LogP contribution in [0.3, 0.4) is 0 Å². The second kappa shape index (κ2) is 4.99. The minimum Gasteiger partial charge on any atom is -0.405 e. The number of hydrogen-bond acceptors (Lipinski definition) is 1. The highest BCUT2D eigenvalue weighted by atomic mass is 79.9. The van der Waals surface area contributed by atoms with Gasteiger partial charge in [-0.3, -0.25) is 0 Å². The van der Waals surface area contributed by atoms with Gasteiger partial charge >= 0.3 is 6.36 Å². The molecule has 0 radical (unpaired) electrons. The van der Waals surface area contributed by atoms with E-state index in [1.54, 1.807) is 0 Å². The zero-order valence-corrected chi connectivity index (χ0v) is 9.28. The SMILES string of the molecule is FC(F)c1cccc(CBr)c1OC(F)(F)F. The molecule has 1 aromatic rings. The van der Waals surface area contributed by atoms with E-state index in [-0.39, 0.29) is 10.9 Å². The Morgan fingerprint density at radius 2 is 1.88 bits per heavy atom. The molecular formula is C9H6BrF5O. The summed E-state index contributed by atoms with van der Waals surface area (Å²) < 4.78 is 64.6. The first-order valence-corrected chi connectivity index (χ1v) is 5.19. The van der Waals surface area contributed by atoms with Crippen molar-refractivity contribution < 1.29 is 26.7 Å². The van der Waals surface area contributed by atoms with Crippen LogP contribution >= 0.6 is 15.9 Å². The Bertz CT molecular complexity index is 363. The largest absolute Gasteiger partial charge is 0.573 e. The van der Waals surface area contributed by atoms with E-state index in [1.165, 1.54) is 12.1 Å². The number of benzene rings is 1. The van der Waals surface area contributed by atoms with Crippen LogP contribution in [0.4, 0.5) is 22.0 Å². The van der Waals surface area contributed by atoms with Crippen LogP contribution in [-0.4, -0.2) is 6.36 Å². The predicted molar refractivity (Wildman–Crippen MR) is 50.7 cm³/mol. The van der Waals surface area contributed by atoms with Crippen LogP contribution in [0.25, 0.3) is 0 Å². The maximum atomic E-state index is 12.5. The predicted octanol–water partition coefficient (Wildman–Crippen LogP) is 4.42. The number of alkyl halides is 6. The molecule has 0 aliphatic carbocycles. The molecule has 0 heterocycles. The molecule has 1 rings (SSSR count). The first kappa shape index (κ1) is 13.2. The second-order valence-corrected chi connectivity index (χ2v) is 3.38. The van der Waals surface area contributed by atoms with Gasteiger partial charge in [0.1, 0.15) is 5.75 Å². The Hall–Kier alpha value is -0.850. The molecule has 0 aliphatic rings. The number of halogens is 6. The first-order valence-electron chi connectivity index (χ1n) is 4.07. The Morgan fingerprint density at radius 3 is 2.31 bits per heavy atom. The molecule has 0 aliphatic heterocycles. The summed E-state index contributed by atoms with van der Waals surface area (Å²) in [6.07, 6.45) is -8.00. The number of para-hydroxylation sites is 1. The molecule has 0 saturated carbocycles. The highest BCUT2D eigenvalue weighted by Gasteiger charge is 2.34. The molecule has 0 amide bonds. The molecule has 1 nitrogen and oxygen atoms in total. The van der Waals surface area contributed by atoms with Crippen LogP contribution < -0.4 is 4.74 Å². The summed E-state index contributed by atoms with van der Waals surface area (Å²) in [6, 6.07) is 3.43. The molecule has 16 heavy (non-hydrogen) atoms. The highest BCUT2D eigenvalue weighted by molar-refractivity contribution is 9.08. The van der Waals surface area contributed by atoms with Gasteiger partial charge in [0.25, 0.3) is 6.43 Å². The van der Waals surface area contributed by atoms with E-state index in [9.17, 15) is 22.0 Å². The van der Waals surface area contributed by atoms with Crippen molar-refractivity contribution in [1.29, 1.82) is 0 Å². The first-order chi connectivity index (χ1) is 7.35. The quantitative estimate of drug-likeness (QED) is 0.593. The van der Waals surface area contributed by atoms with Crippen LogP contribution in [0.1, 0.15) is 17.6 Å². The Kier molecular flexibility index (Phi) is 4.12. The molecule has 0 spiro atoms. The summed E-state index contributed by atoms with van der Waals surface area (Å²) in [5.41, 5.74) is -0.746. The van der Waals surface area contributed by atoms with Gasteiger partial charge in [0.15, 0.2) is 0 Å². The minimum absolute atomic E-state index is 0.00102. The van der Waals surface area contributed by atoms with Gasteiger partial charge in [-0.15, -0.1) is 13.2 Å². The number of hydrogen-bond donors (Lipinski definition) is 0. The van der Waals surface area contributed by atoms with Crippen molar-refractivity contribution in [3.63, 3.8) is 0 Å². The zero-order valence-electron chi connectivity index (χ0n) is 7.69. The number of ether oxygens (including phenoxy) is 1. The average molecular weight is 305 g/mol. The van der Waals surface area contributed by atoms with Crippen molar-refractivity contribution in [1.82, 2.24) is 0 Å². The van der Waals surface area contributed by atoms with Crippen LogP contribution in [0, 0.1) is 0 Å². The van der Waals surface area contributed by atoms with Crippen molar-refractivity contribution in [2.75, 3.05) is 0 Å². The number of rotatable bonds is 3. The van der Waals surface area contributed by atoms with Crippen molar-refractivity contribution in [2.24, 2.45) is 0 Å². The Morgan fingerprint density at radius 1 is 1.25 bits per heavy atom. The summed E-state index contributed by atoms with van der Waals surface area (Å²) in [5, 5.41) is -0.00102. The van der Waals surface area contributed by atoms with Crippen molar-refractivity contribution >= 4 is 15.9 Å². The zero-order chi connectivity index (χ0) is 12.3. The van der Waals surface area contributed by atoms with Gasteiger partial charge in [-0.2, -0.15) is 0 Å². The van der Waals surface area contributed by atoms with Gasteiger partial charge in [0.2, 0.25) is 0 Å². The topological polar surface area (TPSA) is 9.23 Å². The fourth-order valence-corrected chi connectivity index (χ4v) is 1.56. The highest BCUT2D eigenvalue weighted by Crippen LogP contribution is 2.36. The lowest BCUT2D eigenvalue weighted by Crippen LogP contribution is -2.19. The van der Waals surface area contributed by atoms with E-state index in [4.69, 9.17) is 0 Å². The summed E-state index contributed by atoms with van der Waals surface area (Å²) in [7, 11) is 0. The van der Waals surface area contributed by atoms with Crippen molar-refractivity contribution in [3.8, 4) is 5.75 Å². The minimum atomic E-state index is -4.98. The molecule has 0 saturated heterocycles. The van der Waals surface area contributed by atoms with E-state index < -0.39 is 24.1 Å². The third kappa shape index (κ3) is 3.33. The molecule has 0 aromatic heterocycles. The standard InChI is InChI=1S/C9H6BrF5O/c10-4-5-2-1-3-6(8(11)12)7(5)16-9(13,14)15/h1-3,8H,4H2. The van der Waals surface area contributed by atoms with E-state index in [1.807, 2.05) is 0 Å². The maximum Gasteiger partial charge on any atom is 0.573 e. The molecule has 0 unspecified atom stereocenters. The monoisotopic (exact) mass is 304 g/mol. The Labute approximate surface area is 96.3 Å². The fraction of sp³-hybridized carbons (Fsp3) is 0.333. The van der Waals surface area contributed by atoms with E-state index in [0.29, 0.717) is 0 Å². The molecule has 0 N–H and O–H groups in total. The van der Waals surface area contributed by atoms with Gasteiger partial charge in [-0.1, -0.05) is 28.1 Å². The molecule has 0 atom stereocenters. The molecule has 0 fully saturated rings. The smallest absolute Gasteiger partial charge is 0.405 e. The summed E-state index contributed by atoms with van der Waals surface area (Å²) in [5.74, 6) is -0.832. The third-order valence-electron chi connectivity index (χ3n) is 1.72. The summed E-state index contributed by atoms with van der Waals surface area (Å²) >= 11 is 2.91. The van der Waals surface area contributed by atoms with Crippen LogP contribution in [0.15, 0.2) is 18.2 Å². The lowest BCUT2D eigenvalue weighted by molar-refractivity contribution is -0.275. The molecule has 1 aromatic carbocycles. The summed E-state index contributed by atoms with van der Waals surface area (Å²) in [4.78, 5) is 0. The van der Waals surface area contributed by atoms with E-state index in [0.717, 1.165) is 6.07 Å². The normalized spacial score (nSPS) is 11.9. The average Bonchev–Trinajstić information content (AvgIpc) is 2.15. The van der Waals surface area contributed by atoms with Crippen LogP contribution in [0.5, 0.6) is 5.75 Å². The lowest BCUT2D eigenvalue weighted by Gasteiger charge is -2.15. The maximum absolute atomic E-state index is 12.5. The van der Waals surface area contributed by atoms with Crippen LogP contribution in [0.2, 0.25) is 0 Å². The Balaban J connectivity index is 3.20. The van der Waals surface area contributed by atoms with E-state index in [2.05, 4.69) is 20.7 Å². The van der Waals surface area contributed by atoms with Gasteiger partial charge in [-0.25, -0.2) is 8.78 Å². The molecular weight excluding hydrogens is 299 g/mol. The molecule has 90 valence electrons. The molecule has 0 bridgehead atoms. The molecule has 7 heteroatoms. The van der Waals surface area contributed by atoms with Crippen molar-refractivity contribution in [3.05, 3.63) is 29.3 Å². The van der Waals surface area contributed by atoms with E-state index >= 15 is 0 Å². The van der Waals surface area contributed by atoms with Gasteiger partial charge in [0.05, 0.1) is 5.56 Å². The summed E-state index contributed by atoms with van der Waals surface area (Å²) in [6.45, 7) is 0. The van der Waals surface area contributed by atoms with Crippen molar-refractivity contribution in [2.45, 2.75) is 18.1 Å². The second-order valence-electron chi connectivity index (χ2n) is 2.82. The fourth-order valence-electron chi connectivity index (χ4n) is 1.12. The van der Waals surface area contributed by atoms with Crippen LogP contribution in [-0.2, 0) is 5.33 Å². The lowest BCUT2D eigenvalue weighted by atomic mass is 10.1.